The predicted molar refractivity (Wildman–Crippen MR) is 83.2 cm³/mol. The SMILES string of the molecule is CC(C(=O)Nc1ccc(-c2ccn[nH]2)cc1)N1C(=O)CCC1=O. The number of aromatic amines is 1. The molecule has 1 fully saturated rings. The van der Waals surface area contributed by atoms with Gasteiger partial charge in [0.15, 0.2) is 0 Å². The smallest absolute Gasteiger partial charge is 0.247 e. The molecule has 1 aromatic carbocycles. The van der Waals surface area contributed by atoms with E-state index < -0.39 is 6.04 Å². The number of anilines is 1. The molecule has 7 nitrogen and oxygen atoms in total. The predicted octanol–water partition coefficient (Wildman–Crippen LogP) is 1.55. The quantitative estimate of drug-likeness (QED) is 0.837. The van der Waals surface area contributed by atoms with Gasteiger partial charge in [0.05, 0.1) is 5.69 Å². The Hall–Kier alpha value is -2.96. The lowest BCUT2D eigenvalue weighted by molar-refractivity contribution is -0.144. The van der Waals surface area contributed by atoms with Crippen LogP contribution in [0.2, 0.25) is 0 Å². The fourth-order valence-corrected chi connectivity index (χ4v) is 2.54. The minimum absolute atomic E-state index is 0.176. The lowest BCUT2D eigenvalue weighted by Crippen LogP contribution is -2.44. The Morgan fingerprint density at radius 1 is 1.17 bits per heavy atom. The number of amides is 3. The Bertz CT molecular complexity index is 721. The third-order valence-electron chi connectivity index (χ3n) is 3.82. The van der Waals surface area contributed by atoms with Crippen LogP contribution in [-0.4, -0.2) is 38.9 Å². The molecule has 2 heterocycles. The van der Waals surface area contributed by atoms with Crippen LogP contribution in [0.1, 0.15) is 19.8 Å². The van der Waals surface area contributed by atoms with E-state index in [9.17, 15) is 14.4 Å². The van der Waals surface area contributed by atoms with Crippen molar-refractivity contribution in [1.29, 1.82) is 0 Å². The molecule has 0 bridgehead atoms. The summed E-state index contributed by atoms with van der Waals surface area (Å²) in [6, 6.07) is 8.24. The summed E-state index contributed by atoms with van der Waals surface area (Å²) < 4.78 is 0. The molecule has 2 N–H and O–H groups in total. The maximum atomic E-state index is 12.2. The monoisotopic (exact) mass is 312 g/mol. The number of hydrogen-bond acceptors (Lipinski definition) is 4. The van der Waals surface area contributed by atoms with E-state index in [0.29, 0.717) is 5.69 Å². The van der Waals surface area contributed by atoms with Crippen LogP contribution in [0.4, 0.5) is 5.69 Å². The van der Waals surface area contributed by atoms with Gasteiger partial charge in [0.1, 0.15) is 6.04 Å². The topological polar surface area (TPSA) is 95.2 Å². The number of H-pyrrole nitrogens is 1. The van der Waals surface area contributed by atoms with Gasteiger partial charge >= 0.3 is 0 Å². The second-order valence-electron chi connectivity index (χ2n) is 5.37. The molecule has 118 valence electrons. The number of hydrogen-bond donors (Lipinski definition) is 2. The number of imide groups is 1. The van der Waals surface area contributed by atoms with Gasteiger partial charge in [-0.3, -0.25) is 24.4 Å². The molecule has 3 amide bonds. The van der Waals surface area contributed by atoms with E-state index in [1.54, 1.807) is 25.3 Å². The molecule has 1 aliphatic heterocycles. The minimum Gasteiger partial charge on any atom is -0.324 e. The highest BCUT2D eigenvalue weighted by Gasteiger charge is 2.36. The van der Waals surface area contributed by atoms with Crippen LogP contribution >= 0.6 is 0 Å². The third-order valence-corrected chi connectivity index (χ3v) is 3.82. The van der Waals surface area contributed by atoms with Crippen LogP contribution in [-0.2, 0) is 14.4 Å². The zero-order chi connectivity index (χ0) is 16.4. The number of rotatable bonds is 4. The van der Waals surface area contributed by atoms with Gasteiger partial charge in [-0.25, -0.2) is 0 Å². The van der Waals surface area contributed by atoms with Gasteiger partial charge in [-0.05, 0) is 30.7 Å². The van der Waals surface area contributed by atoms with Gasteiger partial charge < -0.3 is 5.32 Å². The summed E-state index contributed by atoms with van der Waals surface area (Å²) in [6.45, 7) is 1.55. The van der Waals surface area contributed by atoms with E-state index >= 15 is 0 Å². The van der Waals surface area contributed by atoms with Crippen LogP contribution in [0, 0.1) is 0 Å². The van der Waals surface area contributed by atoms with Crippen molar-refractivity contribution in [2.45, 2.75) is 25.8 Å². The van der Waals surface area contributed by atoms with Gasteiger partial charge in [-0.1, -0.05) is 12.1 Å². The molecule has 1 saturated heterocycles. The summed E-state index contributed by atoms with van der Waals surface area (Å²) in [7, 11) is 0. The normalized spacial score (nSPS) is 15.8. The second-order valence-corrected chi connectivity index (χ2v) is 5.37. The number of carbonyl (C=O) groups is 3. The fourth-order valence-electron chi connectivity index (χ4n) is 2.54. The van der Waals surface area contributed by atoms with Crippen LogP contribution in [0.3, 0.4) is 0 Å². The zero-order valence-electron chi connectivity index (χ0n) is 12.6. The molecule has 1 aromatic heterocycles. The molecule has 1 atom stereocenters. The fraction of sp³-hybridized carbons (Fsp3) is 0.250. The Morgan fingerprint density at radius 2 is 1.83 bits per heavy atom. The average Bonchev–Trinajstić information content (AvgIpc) is 3.18. The molecule has 0 radical (unpaired) electrons. The minimum atomic E-state index is -0.815. The lowest BCUT2D eigenvalue weighted by atomic mass is 10.1. The molecule has 2 aromatic rings. The van der Waals surface area contributed by atoms with E-state index in [0.717, 1.165) is 16.2 Å². The maximum Gasteiger partial charge on any atom is 0.247 e. The van der Waals surface area contributed by atoms with Crippen LogP contribution in [0.15, 0.2) is 36.5 Å². The van der Waals surface area contributed by atoms with Crippen molar-refractivity contribution >= 4 is 23.4 Å². The summed E-state index contributed by atoms with van der Waals surface area (Å²) in [5.41, 5.74) is 2.42. The van der Waals surface area contributed by atoms with Crippen molar-refractivity contribution in [3.63, 3.8) is 0 Å². The average molecular weight is 312 g/mol. The van der Waals surface area contributed by atoms with Crippen LogP contribution in [0.25, 0.3) is 11.3 Å². The highest BCUT2D eigenvalue weighted by atomic mass is 16.2. The van der Waals surface area contributed by atoms with Gasteiger partial charge in [0, 0.05) is 24.7 Å². The van der Waals surface area contributed by atoms with Crippen LogP contribution in [0.5, 0.6) is 0 Å². The Kier molecular flexibility index (Phi) is 3.92. The van der Waals surface area contributed by atoms with E-state index in [1.807, 2.05) is 18.2 Å². The Morgan fingerprint density at radius 3 is 2.39 bits per heavy atom. The van der Waals surface area contributed by atoms with Crippen molar-refractivity contribution in [2.24, 2.45) is 0 Å². The van der Waals surface area contributed by atoms with E-state index in [-0.39, 0.29) is 30.6 Å². The number of likely N-dealkylation sites (tertiary alicyclic amines) is 1. The van der Waals surface area contributed by atoms with E-state index in [4.69, 9.17) is 0 Å². The maximum absolute atomic E-state index is 12.2. The molecule has 0 aliphatic carbocycles. The first kappa shape index (κ1) is 15.0. The largest absolute Gasteiger partial charge is 0.324 e. The molecule has 7 heteroatoms. The molecule has 3 rings (SSSR count). The molecule has 23 heavy (non-hydrogen) atoms. The second kappa shape index (κ2) is 6.04. The van der Waals surface area contributed by atoms with E-state index in [2.05, 4.69) is 15.5 Å². The Labute approximate surface area is 132 Å². The lowest BCUT2D eigenvalue weighted by Gasteiger charge is -2.21. The zero-order valence-corrected chi connectivity index (χ0v) is 12.6. The summed E-state index contributed by atoms with van der Waals surface area (Å²) in [5, 5.41) is 9.47. The number of aromatic nitrogens is 2. The van der Waals surface area contributed by atoms with Crippen LogP contribution < -0.4 is 5.32 Å². The van der Waals surface area contributed by atoms with Gasteiger partial charge in [-0.2, -0.15) is 5.10 Å². The van der Waals surface area contributed by atoms with Crippen molar-refractivity contribution < 1.29 is 14.4 Å². The number of carbonyl (C=O) groups excluding carboxylic acids is 3. The van der Waals surface area contributed by atoms with Crippen molar-refractivity contribution in [1.82, 2.24) is 15.1 Å². The van der Waals surface area contributed by atoms with Gasteiger partial charge in [-0.15, -0.1) is 0 Å². The molecular formula is C16H16N4O3. The highest BCUT2D eigenvalue weighted by Crippen LogP contribution is 2.20. The van der Waals surface area contributed by atoms with Crippen molar-refractivity contribution in [2.75, 3.05) is 5.32 Å². The first-order valence-electron chi connectivity index (χ1n) is 7.32. The van der Waals surface area contributed by atoms with Gasteiger partial charge in [0.25, 0.3) is 0 Å². The highest BCUT2D eigenvalue weighted by molar-refractivity contribution is 6.07. The summed E-state index contributed by atoms with van der Waals surface area (Å²) in [6.07, 6.45) is 2.02. The molecule has 0 saturated carbocycles. The van der Waals surface area contributed by atoms with Crippen molar-refractivity contribution in [3.05, 3.63) is 36.5 Å². The summed E-state index contributed by atoms with van der Waals surface area (Å²) in [4.78, 5) is 36.6. The molecule has 1 unspecified atom stereocenters. The third kappa shape index (κ3) is 2.98. The summed E-state index contributed by atoms with van der Waals surface area (Å²) in [5.74, 6) is -0.984. The number of nitrogens with zero attached hydrogens (tertiary/aromatic N) is 2. The first-order valence-corrected chi connectivity index (χ1v) is 7.32. The molecule has 0 spiro atoms. The van der Waals surface area contributed by atoms with Crippen molar-refractivity contribution in [3.8, 4) is 11.3 Å². The molecule has 1 aliphatic rings. The number of nitrogens with one attached hydrogen (secondary N) is 2. The number of benzene rings is 1. The molecular weight excluding hydrogens is 296 g/mol. The first-order chi connectivity index (χ1) is 11.1. The van der Waals surface area contributed by atoms with Gasteiger partial charge in [0.2, 0.25) is 17.7 Å². The standard InChI is InChI=1S/C16H16N4O3/c1-10(20-14(21)6-7-15(20)22)16(23)18-12-4-2-11(3-5-12)13-8-9-17-19-13/h2-5,8-10H,6-7H2,1H3,(H,17,19)(H,18,23). The summed E-state index contributed by atoms with van der Waals surface area (Å²) >= 11 is 0. The Balaban J connectivity index is 1.68. The van der Waals surface area contributed by atoms with E-state index in [1.165, 1.54) is 0 Å².